The number of aliphatic hydroxyl groups is 1. The number of hydrogen-bond donors (Lipinski definition) is 1. The van der Waals surface area contributed by atoms with Gasteiger partial charge in [0.1, 0.15) is 0 Å². The van der Waals surface area contributed by atoms with E-state index in [0.29, 0.717) is 34.1 Å². The van der Waals surface area contributed by atoms with Crippen molar-refractivity contribution in [2.75, 3.05) is 13.2 Å². The monoisotopic (exact) mass is 403 g/mol. The maximum absolute atomic E-state index is 13.1. The Morgan fingerprint density at radius 2 is 1.85 bits per heavy atom. The van der Waals surface area contributed by atoms with E-state index in [1.54, 1.807) is 23.1 Å². The van der Waals surface area contributed by atoms with Crippen molar-refractivity contribution >= 4 is 29.1 Å². The molecule has 0 radical (unpaired) electrons. The summed E-state index contributed by atoms with van der Waals surface area (Å²) >= 11 is 12.5. The van der Waals surface area contributed by atoms with Gasteiger partial charge < -0.3 is 10.0 Å². The normalized spacial score (nSPS) is 19.1. The zero-order chi connectivity index (χ0) is 19.4. The number of carbonyl (C=O) groups is 1. The smallest absolute Gasteiger partial charge is 0.255 e. The molecule has 27 heavy (non-hydrogen) atoms. The number of rotatable bonds is 7. The van der Waals surface area contributed by atoms with Crippen LogP contribution in [0.2, 0.25) is 10.0 Å². The molecule has 0 saturated heterocycles. The second kappa shape index (κ2) is 8.47. The Labute approximate surface area is 170 Å². The molecule has 2 aromatic rings. The van der Waals surface area contributed by atoms with Crippen LogP contribution in [-0.2, 0) is 12.0 Å². The first-order chi connectivity index (χ1) is 13.0. The third-order valence-electron chi connectivity index (χ3n) is 5.06. The fraction of sp³-hybridized carbons (Fsp3) is 0.318. The van der Waals surface area contributed by atoms with E-state index < -0.39 is 5.54 Å². The fourth-order valence-corrected chi connectivity index (χ4v) is 4.27. The molecule has 1 aliphatic heterocycles. The van der Waals surface area contributed by atoms with Crippen molar-refractivity contribution in [1.82, 2.24) is 4.90 Å². The molecule has 1 heterocycles. The van der Waals surface area contributed by atoms with Crippen molar-refractivity contribution in [2.45, 2.75) is 31.7 Å². The highest BCUT2D eigenvalue weighted by atomic mass is 35.5. The van der Waals surface area contributed by atoms with Gasteiger partial charge in [0.25, 0.3) is 5.91 Å². The van der Waals surface area contributed by atoms with Crippen molar-refractivity contribution in [3.63, 3.8) is 0 Å². The van der Waals surface area contributed by atoms with Crippen LogP contribution in [0, 0.1) is 0 Å². The SMILES string of the molecule is CC/C=C\CCN1C(=O)c2cccc(Cl)c2C1(CO)Cc1ccc(Cl)cc1. The molecule has 1 aliphatic rings. The van der Waals surface area contributed by atoms with Crippen molar-refractivity contribution in [2.24, 2.45) is 0 Å². The van der Waals surface area contributed by atoms with E-state index in [-0.39, 0.29) is 12.5 Å². The second-order valence-corrected chi connectivity index (χ2v) is 7.62. The second-order valence-electron chi connectivity index (χ2n) is 6.78. The number of halogens is 2. The molecule has 1 N–H and O–H groups in total. The first-order valence-corrected chi connectivity index (χ1v) is 9.90. The summed E-state index contributed by atoms with van der Waals surface area (Å²) in [6.45, 7) is 2.40. The molecular weight excluding hydrogens is 381 g/mol. The van der Waals surface area contributed by atoms with Crippen LogP contribution < -0.4 is 0 Å². The summed E-state index contributed by atoms with van der Waals surface area (Å²) < 4.78 is 0. The maximum Gasteiger partial charge on any atom is 0.255 e. The summed E-state index contributed by atoms with van der Waals surface area (Å²) in [4.78, 5) is 14.9. The van der Waals surface area contributed by atoms with Gasteiger partial charge in [-0.3, -0.25) is 4.79 Å². The van der Waals surface area contributed by atoms with Crippen LogP contribution in [0.25, 0.3) is 0 Å². The molecule has 0 fully saturated rings. The molecule has 5 heteroatoms. The Hall–Kier alpha value is -1.81. The standard InChI is InChI=1S/C22H23Cl2NO2/c1-2-3-4-5-13-25-21(27)18-7-6-8-19(24)20(18)22(25,15-26)14-16-9-11-17(23)12-10-16/h3-4,6-12,26H,2,5,13-15H2,1H3/b4-3-. The van der Waals surface area contributed by atoms with E-state index >= 15 is 0 Å². The molecular formula is C22H23Cl2NO2. The zero-order valence-electron chi connectivity index (χ0n) is 15.3. The third kappa shape index (κ3) is 3.77. The molecule has 2 aromatic carbocycles. The Kier molecular flexibility index (Phi) is 6.25. The number of hydrogen-bond acceptors (Lipinski definition) is 2. The lowest BCUT2D eigenvalue weighted by Crippen LogP contribution is -2.48. The van der Waals surface area contributed by atoms with Crippen LogP contribution in [0.1, 0.15) is 41.3 Å². The largest absolute Gasteiger partial charge is 0.394 e. The lowest BCUT2D eigenvalue weighted by atomic mass is 9.84. The van der Waals surface area contributed by atoms with Gasteiger partial charge in [0.15, 0.2) is 0 Å². The number of benzene rings is 2. The van der Waals surface area contributed by atoms with Gasteiger partial charge in [-0.05, 0) is 42.7 Å². The van der Waals surface area contributed by atoms with Crippen molar-refractivity contribution in [3.8, 4) is 0 Å². The quantitative estimate of drug-likeness (QED) is 0.642. The molecule has 1 atom stereocenters. The predicted octanol–water partition coefficient (Wildman–Crippen LogP) is 5.24. The van der Waals surface area contributed by atoms with Crippen molar-refractivity contribution in [3.05, 3.63) is 81.4 Å². The number of carbonyl (C=O) groups excluding carboxylic acids is 1. The van der Waals surface area contributed by atoms with E-state index in [4.69, 9.17) is 23.2 Å². The van der Waals surface area contributed by atoms with Gasteiger partial charge in [-0.15, -0.1) is 0 Å². The van der Waals surface area contributed by atoms with Gasteiger partial charge in [-0.1, -0.05) is 60.5 Å². The Balaban J connectivity index is 2.05. The highest BCUT2D eigenvalue weighted by Crippen LogP contribution is 2.45. The van der Waals surface area contributed by atoms with Gasteiger partial charge in [0.05, 0.1) is 12.1 Å². The van der Waals surface area contributed by atoms with Gasteiger partial charge in [0, 0.05) is 34.1 Å². The predicted molar refractivity (Wildman–Crippen MR) is 110 cm³/mol. The maximum atomic E-state index is 13.1. The van der Waals surface area contributed by atoms with Gasteiger partial charge in [-0.2, -0.15) is 0 Å². The summed E-state index contributed by atoms with van der Waals surface area (Å²) in [6.07, 6.45) is 6.31. The first kappa shape index (κ1) is 19.9. The van der Waals surface area contributed by atoms with Crippen LogP contribution >= 0.6 is 23.2 Å². The molecule has 0 saturated carbocycles. The van der Waals surface area contributed by atoms with Crippen LogP contribution in [0.15, 0.2) is 54.6 Å². The number of nitrogens with zero attached hydrogens (tertiary/aromatic N) is 1. The van der Waals surface area contributed by atoms with Crippen LogP contribution in [0.4, 0.5) is 0 Å². The third-order valence-corrected chi connectivity index (χ3v) is 5.63. The molecule has 0 bridgehead atoms. The molecule has 3 nitrogen and oxygen atoms in total. The number of aliphatic hydroxyl groups excluding tert-OH is 1. The number of amides is 1. The van der Waals surface area contributed by atoms with Crippen molar-refractivity contribution < 1.29 is 9.90 Å². The molecule has 0 spiro atoms. The minimum atomic E-state index is -0.876. The summed E-state index contributed by atoms with van der Waals surface area (Å²) in [7, 11) is 0. The molecule has 1 amide bonds. The minimum Gasteiger partial charge on any atom is -0.394 e. The topological polar surface area (TPSA) is 40.5 Å². The molecule has 0 aromatic heterocycles. The van der Waals surface area contributed by atoms with Crippen LogP contribution in [0.5, 0.6) is 0 Å². The molecule has 0 aliphatic carbocycles. The van der Waals surface area contributed by atoms with E-state index in [9.17, 15) is 9.90 Å². The number of allylic oxidation sites excluding steroid dienone is 1. The Bertz CT molecular complexity index is 848. The number of fused-ring (bicyclic) bond motifs is 1. The Morgan fingerprint density at radius 3 is 2.52 bits per heavy atom. The average Bonchev–Trinajstić information content (AvgIpc) is 2.91. The average molecular weight is 404 g/mol. The fourth-order valence-electron chi connectivity index (χ4n) is 3.80. The van der Waals surface area contributed by atoms with E-state index in [2.05, 4.69) is 19.1 Å². The first-order valence-electron chi connectivity index (χ1n) is 9.14. The van der Waals surface area contributed by atoms with E-state index in [1.165, 1.54) is 0 Å². The summed E-state index contributed by atoms with van der Waals surface area (Å²) in [6, 6.07) is 12.8. The summed E-state index contributed by atoms with van der Waals surface area (Å²) in [5.41, 5.74) is 1.40. The van der Waals surface area contributed by atoms with E-state index in [0.717, 1.165) is 18.4 Å². The Morgan fingerprint density at radius 1 is 1.11 bits per heavy atom. The molecule has 3 rings (SSSR count). The minimum absolute atomic E-state index is 0.0830. The van der Waals surface area contributed by atoms with E-state index in [1.807, 2.05) is 24.3 Å². The van der Waals surface area contributed by atoms with Gasteiger partial charge >= 0.3 is 0 Å². The summed E-state index contributed by atoms with van der Waals surface area (Å²) in [5, 5.41) is 11.7. The molecule has 142 valence electrons. The van der Waals surface area contributed by atoms with Crippen molar-refractivity contribution in [1.29, 1.82) is 0 Å². The molecule has 1 unspecified atom stereocenters. The highest BCUT2D eigenvalue weighted by Gasteiger charge is 2.50. The summed E-state index contributed by atoms with van der Waals surface area (Å²) in [5.74, 6) is -0.0830. The lowest BCUT2D eigenvalue weighted by molar-refractivity contribution is 0.0323. The zero-order valence-corrected chi connectivity index (χ0v) is 16.8. The lowest BCUT2D eigenvalue weighted by Gasteiger charge is -2.38. The van der Waals surface area contributed by atoms with Crippen LogP contribution in [-0.4, -0.2) is 29.1 Å². The van der Waals surface area contributed by atoms with Gasteiger partial charge in [0.2, 0.25) is 0 Å². The highest BCUT2D eigenvalue weighted by molar-refractivity contribution is 6.32. The van der Waals surface area contributed by atoms with Crippen LogP contribution in [0.3, 0.4) is 0 Å². The van der Waals surface area contributed by atoms with Gasteiger partial charge in [-0.25, -0.2) is 0 Å².